The van der Waals surface area contributed by atoms with E-state index in [1.165, 1.54) is 6.92 Å². The molecule has 0 aromatic heterocycles. The van der Waals surface area contributed by atoms with Crippen molar-refractivity contribution < 1.29 is 14.6 Å². The highest BCUT2D eigenvalue weighted by atomic mass is 16.5. The molecule has 1 unspecified atom stereocenters. The Bertz CT molecular complexity index is 107. The largest absolute Gasteiger partial charge is 0.435 e. The van der Waals surface area contributed by atoms with E-state index in [4.69, 9.17) is 5.11 Å². The van der Waals surface area contributed by atoms with Gasteiger partial charge in [-0.05, 0) is 6.92 Å². The Hall–Kier alpha value is -0.830. The molecule has 1 atom stereocenters. The van der Waals surface area contributed by atoms with Crippen LogP contribution in [0, 0.1) is 0 Å². The van der Waals surface area contributed by atoms with Gasteiger partial charge in [-0.3, -0.25) is 4.79 Å². The third kappa shape index (κ3) is 5.03. The SMILES string of the molecule is C=COC(=O)CC(C)O. The molecule has 52 valence electrons. The Morgan fingerprint density at radius 2 is 2.56 bits per heavy atom. The number of carbonyl (C=O) groups excluding carboxylic acids is 1. The predicted octanol–water partition coefficient (Wildman–Crippen LogP) is 0.444. The minimum atomic E-state index is -0.641. The lowest BCUT2D eigenvalue weighted by molar-refractivity contribution is -0.139. The van der Waals surface area contributed by atoms with E-state index in [0.29, 0.717) is 0 Å². The van der Waals surface area contributed by atoms with E-state index < -0.39 is 12.1 Å². The first-order chi connectivity index (χ1) is 4.16. The van der Waals surface area contributed by atoms with Crippen LogP contribution < -0.4 is 0 Å². The van der Waals surface area contributed by atoms with Crippen molar-refractivity contribution in [3.63, 3.8) is 0 Å². The normalized spacial score (nSPS) is 12.2. The molecule has 0 amide bonds. The van der Waals surface area contributed by atoms with Gasteiger partial charge < -0.3 is 9.84 Å². The first-order valence-corrected chi connectivity index (χ1v) is 2.65. The Morgan fingerprint density at radius 1 is 2.00 bits per heavy atom. The van der Waals surface area contributed by atoms with Gasteiger partial charge in [0.2, 0.25) is 0 Å². The van der Waals surface area contributed by atoms with Crippen LogP contribution in [0.5, 0.6) is 0 Å². The summed E-state index contributed by atoms with van der Waals surface area (Å²) in [5.74, 6) is -0.458. The van der Waals surface area contributed by atoms with Crippen LogP contribution >= 0.6 is 0 Å². The summed E-state index contributed by atoms with van der Waals surface area (Å²) in [6.07, 6.45) is 0.425. The second-order valence-corrected chi connectivity index (χ2v) is 1.71. The second kappa shape index (κ2) is 4.09. The maximum atomic E-state index is 10.4. The van der Waals surface area contributed by atoms with Crippen molar-refractivity contribution in [2.45, 2.75) is 19.4 Å². The first-order valence-electron chi connectivity index (χ1n) is 2.65. The minimum absolute atomic E-state index is 0.0199. The molecule has 0 bridgehead atoms. The zero-order valence-corrected chi connectivity index (χ0v) is 5.33. The van der Waals surface area contributed by atoms with Gasteiger partial charge in [0.15, 0.2) is 0 Å². The standard InChI is InChI=1S/C6H10O3/c1-3-9-6(8)4-5(2)7/h3,5,7H,1,4H2,2H3. The minimum Gasteiger partial charge on any atom is -0.435 e. The lowest BCUT2D eigenvalue weighted by Crippen LogP contribution is -2.09. The van der Waals surface area contributed by atoms with Crippen molar-refractivity contribution in [1.29, 1.82) is 0 Å². The number of carbonyl (C=O) groups is 1. The Kier molecular flexibility index (Phi) is 3.71. The molecule has 0 aliphatic heterocycles. The zero-order valence-electron chi connectivity index (χ0n) is 5.33. The van der Waals surface area contributed by atoms with Gasteiger partial charge in [-0.2, -0.15) is 0 Å². The van der Waals surface area contributed by atoms with Gasteiger partial charge in [-0.1, -0.05) is 6.58 Å². The lowest BCUT2D eigenvalue weighted by Gasteiger charge is -1.99. The lowest BCUT2D eigenvalue weighted by atomic mass is 10.3. The fraction of sp³-hybridized carbons (Fsp3) is 0.500. The number of esters is 1. The summed E-state index contributed by atoms with van der Waals surface area (Å²) < 4.78 is 4.32. The number of aliphatic hydroxyl groups excluding tert-OH is 1. The van der Waals surface area contributed by atoms with Crippen molar-refractivity contribution in [2.24, 2.45) is 0 Å². The summed E-state index contributed by atoms with van der Waals surface area (Å²) in [6, 6.07) is 0. The molecule has 0 aromatic rings. The first kappa shape index (κ1) is 8.17. The van der Waals surface area contributed by atoms with Gasteiger partial charge in [0.25, 0.3) is 0 Å². The molecular formula is C6H10O3. The van der Waals surface area contributed by atoms with E-state index in [9.17, 15) is 4.79 Å². The number of ether oxygens (including phenoxy) is 1. The van der Waals surface area contributed by atoms with Crippen LogP contribution in [-0.2, 0) is 9.53 Å². The van der Waals surface area contributed by atoms with E-state index in [2.05, 4.69) is 11.3 Å². The molecule has 0 aliphatic rings. The molecule has 9 heavy (non-hydrogen) atoms. The van der Waals surface area contributed by atoms with Gasteiger partial charge in [-0.15, -0.1) is 0 Å². The molecule has 0 saturated carbocycles. The van der Waals surface area contributed by atoms with E-state index in [0.717, 1.165) is 6.26 Å². The molecule has 0 saturated heterocycles. The monoisotopic (exact) mass is 130 g/mol. The Balaban J connectivity index is 3.38. The van der Waals surface area contributed by atoms with Gasteiger partial charge in [0.1, 0.15) is 0 Å². The van der Waals surface area contributed by atoms with Crippen LogP contribution in [0.25, 0.3) is 0 Å². The summed E-state index contributed by atoms with van der Waals surface area (Å²) in [5.41, 5.74) is 0. The number of rotatable bonds is 3. The van der Waals surface area contributed by atoms with Crippen LogP contribution in [0.3, 0.4) is 0 Å². The summed E-state index contributed by atoms with van der Waals surface area (Å²) >= 11 is 0. The Labute approximate surface area is 53.9 Å². The zero-order chi connectivity index (χ0) is 7.28. The van der Waals surface area contributed by atoms with Crippen molar-refractivity contribution in [3.8, 4) is 0 Å². The quantitative estimate of drug-likeness (QED) is 0.445. The smallest absolute Gasteiger partial charge is 0.313 e. The second-order valence-electron chi connectivity index (χ2n) is 1.71. The van der Waals surface area contributed by atoms with Crippen molar-refractivity contribution in [2.75, 3.05) is 0 Å². The highest BCUT2D eigenvalue weighted by molar-refractivity contribution is 5.70. The molecule has 3 nitrogen and oxygen atoms in total. The number of aliphatic hydroxyl groups is 1. The molecule has 0 fully saturated rings. The van der Waals surface area contributed by atoms with Gasteiger partial charge in [-0.25, -0.2) is 0 Å². The van der Waals surface area contributed by atoms with Crippen LogP contribution in [0.1, 0.15) is 13.3 Å². The fourth-order valence-electron chi connectivity index (χ4n) is 0.382. The number of hydrogen-bond donors (Lipinski definition) is 1. The third-order valence-corrected chi connectivity index (χ3v) is 0.677. The highest BCUT2D eigenvalue weighted by Crippen LogP contribution is 1.91. The molecule has 3 heteroatoms. The van der Waals surface area contributed by atoms with Crippen molar-refractivity contribution in [3.05, 3.63) is 12.8 Å². The van der Waals surface area contributed by atoms with Gasteiger partial charge in [0.05, 0.1) is 18.8 Å². The summed E-state index contributed by atoms with van der Waals surface area (Å²) in [7, 11) is 0. The summed E-state index contributed by atoms with van der Waals surface area (Å²) in [4.78, 5) is 10.4. The van der Waals surface area contributed by atoms with E-state index in [1.54, 1.807) is 0 Å². The van der Waals surface area contributed by atoms with E-state index >= 15 is 0 Å². The maximum absolute atomic E-state index is 10.4. The van der Waals surface area contributed by atoms with Crippen LogP contribution in [0.15, 0.2) is 12.8 Å². The third-order valence-electron chi connectivity index (χ3n) is 0.677. The van der Waals surface area contributed by atoms with Crippen LogP contribution in [0.4, 0.5) is 0 Å². The molecule has 0 heterocycles. The molecule has 0 aromatic carbocycles. The van der Waals surface area contributed by atoms with Crippen LogP contribution in [0.2, 0.25) is 0 Å². The number of hydrogen-bond acceptors (Lipinski definition) is 3. The average Bonchev–Trinajstić information content (AvgIpc) is 1.63. The molecule has 0 spiro atoms. The fourth-order valence-corrected chi connectivity index (χ4v) is 0.382. The Morgan fingerprint density at radius 3 is 2.89 bits per heavy atom. The topological polar surface area (TPSA) is 46.5 Å². The molecule has 0 aliphatic carbocycles. The highest BCUT2D eigenvalue weighted by Gasteiger charge is 2.04. The van der Waals surface area contributed by atoms with Crippen LogP contribution in [-0.4, -0.2) is 17.2 Å². The summed E-state index contributed by atoms with van der Waals surface area (Å²) in [6.45, 7) is 4.70. The average molecular weight is 130 g/mol. The van der Waals surface area contributed by atoms with E-state index in [-0.39, 0.29) is 6.42 Å². The maximum Gasteiger partial charge on any atom is 0.313 e. The van der Waals surface area contributed by atoms with Gasteiger partial charge in [0, 0.05) is 0 Å². The van der Waals surface area contributed by atoms with Gasteiger partial charge >= 0.3 is 5.97 Å². The van der Waals surface area contributed by atoms with E-state index in [1.807, 2.05) is 0 Å². The summed E-state index contributed by atoms with van der Waals surface area (Å²) in [5, 5.41) is 8.61. The molecule has 0 rings (SSSR count). The molecule has 1 N–H and O–H groups in total. The predicted molar refractivity (Wildman–Crippen MR) is 32.6 cm³/mol. The molecular weight excluding hydrogens is 120 g/mol. The van der Waals surface area contributed by atoms with Crippen molar-refractivity contribution >= 4 is 5.97 Å². The molecule has 0 radical (unpaired) electrons. The van der Waals surface area contributed by atoms with Crippen molar-refractivity contribution in [1.82, 2.24) is 0 Å².